The van der Waals surface area contributed by atoms with Gasteiger partial charge in [0.05, 0.1) is 0 Å². The molecule has 13 atom stereocenters. The molecule has 2 aromatic heterocycles. The molecule has 13 heteroatoms. The maximum absolute atomic E-state index is 10.3. The molecule has 0 spiro atoms. The summed E-state index contributed by atoms with van der Waals surface area (Å²) in [6.07, 6.45) is 8.63. The van der Waals surface area contributed by atoms with Gasteiger partial charge in [-0.15, -0.1) is 0 Å². The fourth-order valence-electron chi connectivity index (χ4n) is 9.23. The van der Waals surface area contributed by atoms with Crippen LogP contribution in [0.2, 0.25) is 0 Å². The Balaban J connectivity index is 0.00000399. The van der Waals surface area contributed by atoms with Crippen LogP contribution in [0, 0.1) is 52.8 Å². The highest BCUT2D eigenvalue weighted by Crippen LogP contribution is 2.59. The van der Waals surface area contributed by atoms with E-state index in [1.807, 2.05) is 18.4 Å². The van der Waals surface area contributed by atoms with Gasteiger partial charge in [0.1, 0.15) is 25.1 Å². The zero-order chi connectivity index (χ0) is 41.2. The predicted molar refractivity (Wildman–Crippen MR) is 230 cm³/mol. The summed E-state index contributed by atoms with van der Waals surface area (Å²) >= 11 is 0. The third kappa shape index (κ3) is 11.1. The Kier molecular flexibility index (Phi) is 18.6. The minimum atomic E-state index is -3.46. The van der Waals surface area contributed by atoms with Gasteiger partial charge in [0.2, 0.25) is 5.95 Å². The van der Waals surface area contributed by atoms with E-state index in [0.717, 1.165) is 31.2 Å². The van der Waals surface area contributed by atoms with E-state index in [2.05, 4.69) is 91.4 Å². The number of unbranched alkanes of at least 4 members (excludes halogenated alkanes) is 4. The molecule has 0 aliphatic carbocycles. The number of hydrogen-bond acceptors (Lipinski definition) is 10. The van der Waals surface area contributed by atoms with Crippen molar-refractivity contribution in [3.8, 4) is 0 Å². The summed E-state index contributed by atoms with van der Waals surface area (Å²) in [5.74, 6) is 6.45. The first-order chi connectivity index (χ1) is 26.0. The molecule has 2 aromatic rings. The maximum atomic E-state index is 10.3. The van der Waals surface area contributed by atoms with Crippen molar-refractivity contribution in [2.75, 3.05) is 31.3 Å². The number of imidazole rings is 1. The van der Waals surface area contributed by atoms with Crippen molar-refractivity contribution in [2.45, 2.75) is 166 Å². The van der Waals surface area contributed by atoms with Gasteiger partial charge < -0.3 is 20.5 Å². The highest BCUT2D eigenvalue weighted by molar-refractivity contribution is 7.85. The van der Waals surface area contributed by atoms with Gasteiger partial charge >= 0.3 is 15.4 Å². The van der Waals surface area contributed by atoms with Crippen molar-refractivity contribution in [3.63, 3.8) is 0 Å². The van der Waals surface area contributed by atoms with Gasteiger partial charge in [0.25, 0.3) is 0 Å². The third-order valence-corrected chi connectivity index (χ3v) is 15.7. The number of nitrogens with zero attached hydrogens (tertiary/aromatic N) is 4. The van der Waals surface area contributed by atoms with E-state index in [9.17, 15) is 4.89 Å². The fourth-order valence-corrected chi connectivity index (χ4v) is 10.3. The largest absolute Gasteiger partial charge is 0.488 e. The molecular weight excluding hydrogens is 710 g/mol. The number of hydrogen-bond donors (Lipinski definition) is 3. The molecule has 0 bridgehead atoms. The molecule has 2 radical (unpaired) electrons. The average Bonchev–Trinajstić information content (AvgIpc) is 3.73. The Morgan fingerprint density at radius 3 is 2.07 bits per heavy atom. The van der Waals surface area contributed by atoms with Gasteiger partial charge in [0, 0.05) is 13.7 Å². The Morgan fingerprint density at radius 2 is 1.51 bits per heavy atom. The van der Waals surface area contributed by atoms with Crippen LogP contribution in [0.3, 0.4) is 0 Å². The first-order valence-electron chi connectivity index (χ1n) is 21.7. The van der Waals surface area contributed by atoms with E-state index in [1.165, 1.54) is 44.9 Å². The molecule has 11 nitrogen and oxygen atoms in total. The Bertz CT molecular complexity index is 1410. The van der Waals surface area contributed by atoms with E-state index in [1.54, 1.807) is 7.11 Å². The predicted octanol–water partition coefficient (Wildman–Crippen LogP) is 10.3. The van der Waals surface area contributed by atoms with Gasteiger partial charge in [-0.05, 0) is 65.6 Å². The van der Waals surface area contributed by atoms with E-state index < -0.39 is 32.4 Å². The molecule has 0 amide bonds. The maximum Gasteiger partial charge on any atom is 0.488 e. The molecule has 55 heavy (non-hydrogen) atoms. The lowest BCUT2D eigenvalue weighted by Gasteiger charge is -2.49. The summed E-state index contributed by atoms with van der Waals surface area (Å²) in [5, 5.41) is 3.52. The standard InChI is InChI=1S/C40H73BN6O5P.C2H6/c1-13-24(3)26(5)28(7)30(9)40(11,31(10)29(8)27(6)25(4)14-2)20-18-16-15-17-19-21-43-39-46-33-36(42)44-23-45-37(33)47(39)38-35(49-12)34-32(51-38)22-50-53(41,48)52-34;1-2/h23-32,34-35,38,48H,13-22H2,1-12H3,(H,43,46)(H2,42,44,45);1-2H3/q+1;/t24?,25?,26?,27?,28?,29?,30?,31?,32-,34+,35?,38-,40?,53?;/m1./s1. The molecule has 4 heterocycles. The number of fused-ring (bicyclic) bond motifs is 2. The van der Waals surface area contributed by atoms with Gasteiger partial charge in [-0.3, -0.25) is 4.57 Å². The average molecular weight is 790 g/mol. The second kappa shape index (κ2) is 21.4. The number of nitrogens with one attached hydrogen (secondary N) is 1. The van der Waals surface area contributed by atoms with Crippen LogP contribution in [-0.4, -0.2) is 70.6 Å². The molecule has 0 aromatic carbocycles. The molecular formula is C42H79BN6O5P+. The monoisotopic (exact) mass is 790 g/mol. The number of rotatable bonds is 21. The number of nitrogens with two attached hydrogens (primary N) is 1. The molecule has 2 saturated heterocycles. The van der Waals surface area contributed by atoms with Crippen LogP contribution in [0.15, 0.2) is 6.33 Å². The molecule has 2 aliphatic heterocycles. The normalized spacial score (nSPS) is 28.1. The summed E-state index contributed by atoms with van der Waals surface area (Å²) in [5.41, 5.74) is 7.53. The van der Waals surface area contributed by atoms with Gasteiger partial charge in [-0.1, -0.05) is 129 Å². The third-order valence-electron chi connectivity index (χ3n) is 14.6. The smallest absolute Gasteiger partial charge is 0.382 e. The second-order valence-electron chi connectivity index (χ2n) is 17.2. The fraction of sp³-hybridized carbons (Fsp3) is 0.881. The van der Waals surface area contributed by atoms with Gasteiger partial charge in [-0.25, -0.2) is 19.8 Å². The lowest BCUT2D eigenvalue weighted by Crippen LogP contribution is -2.42. The van der Waals surface area contributed by atoms with Crippen LogP contribution in [0.1, 0.15) is 148 Å². The lowest BCUT2D eigenvalue weighted by atomic mass is 9.56. The van der Waals surface area contributed by atoms with Crippen LogP contribution in [0.4, 0.5) is 11.8 Å². The summed E-state index contributed by atoms with van der Waals surface area (Å²) in [6, 6.07) is 0. The number of methoxy groups -OCH3 is 1. The number of nitrogen functional groups attached to an aromatic ring is 1. The summed E-state index contributed by atoms with van der Waals surface area (Å²) < 4.78 is 25.2. The van der Waals surface area contributed by atoms with Crippen LogP contribution in [0.5, 0.6) is 0 Å². The summed E-state index contributed by atoms with van der Waals surface area (Å²) in [4.78, 5) is 23.8. The number of aromatic nitrogens is 4. The summed E-state index contributed by atoms with van der Waals surface area (Å²) in [7, 11) is 3.97. The van der Waals surface area contributed by atoms with Crippen molar-refractivity contribution in [1.82, 2.24) is 19.5 Å². The molecule has 0 saturated carbocycles. The lowest BCUT2D eigenvalue weighted by molar-refractivity contribution is -0.0609. The van der Waals surface area contributed by atoms with Crippen LogP contribution in [-0.2, 0) is 18.5 Å². The second-order valence-corrected chi connectivity index (χ2v) is 18.8. The van der Waals surface area contributed by atoms with Crippen LogP contribution < -0.4 is 11.1 Å². The zero-order valence-electron chi connectivity index (χ0n) is 37.0. The summed E-state index contributed by atoms with van der Waals surface area (Å²) in [6.45, 7) is 32.2. The van der Waals surface area contributed by atoms with E-state index in [-0.39, 0.29) is 17.8 Å². The quantitative estimate of drug-likeness (QED) is 0.0636. The van der Waals surface area contributed by atoms with Crippen molar-refractivity contribution in [3.05, 3.63) is 6.33 Å². The molecule has 314 valence electrons. The zero-order valence-corrected chi connectivity index (χ0v) is 37.9. The van der Waals surface area contributed by atoms with Crippen molar-refractivity contribution >= 4 is 38.3 Å². The van der Waals surface area contributed by atoms with E-state index in [4.69, 9.17) is 36.8 Å². The van der Waals surface area contributed by atoms with Gasteiger partial charge in [-0.2, -0.15) is 9.05 Å². The van der Waals surface area contributed by atoms with Crippen molar-refractivity contribution in [1.29, 1.82) is 0 Å². The molecule has 4 rings (SSSR count). The molecule has 2 aliphatic rings. The van der Waals surface area contributed by atoms with Crippen LogP contribution >= 0.6 is 7.82 Å². The van der Waals surface area contributed by atoms with Gasteiger partial charge in [0.15, 0.2) is 29.3 Å². The Labute approximate surface area is 336 Å². The molecule has 4 N–H and O–H groups in total. The molecule has 10 unspecified atom stereocenters. The van der Waals surface area contributed by atoms with Crippen LogP contribution in [0.25, 0.3) is 11.2 Å². The highest BCUT2D eigenvalue weighted by Gasteiger charge is 2.58. The minimum Gasteiger partial charge on any atom is -0.382 e. The molecule has 2 fully saturated rings. The van der Waals surface area contributed by atoms with E-state index >= 15 is 0 Å². The first kappa shape index (κ1) is 47.8. The Morgan fingerprint density at radius 1 is 0.945 bits per heavy atom. The number of anilines is 2. The number of ether oxygens (including phenoxy) is 2. The topological polar surface area (TPSA) is 139 Å². The SMILES string of the molecule is CC.[B][P+]1(O)OC[C@H]2O[C@@H](n3c(NCCCCCCCC(C)(C(C)C(C)C(C)C(C)CC)C(C)C(C)C(C)C(C)CC)nc4c(N)ncnc43)C(OC)[C@H]2O1. The van der Waals surface area contributed by atoms with Crippen molar-refractivity contribution in [2.24, 2.45) is 52.8 Å². The first-order valence-corrected chi connectivity index (χ1v) is 23.3. The van der Waals surface area contributed by atoms with E-state index in [0.29, 0.717) is 52.6 Å². The Hall–Kier alpha value is -1.56. The minimum absolute atomic E-state index is 0.0950. The van der Waals surface area contributed by atoms with Crippen molar-refractivity contribution < 1.29 is 23.4 Å². The highest BCUT2D eigenvalue weighted by atomic mass is 31.2.